The molecule has 8 heteroatoms. The molecular formula is C11H12F3NO3S. The Balaban J connectivity index is 2.46. The van der Waals surface area contributed by atoms with Gasteiger partial charge < -0.3 is 4.74 Å². The Hall–Kier alpha value is -1.44. The number of rotatable bonds is 4. The van der Waals surface area contributed by atoms with Crippen LogP contribution in [-0.2, 0) is 16.2 Å². The predicted molar refractivity (Wildman–Crippen MR) is 63.6 cm³/mol. The standard InChI is InChI=1S/C11H12F3NO3S/c1-19(16,17)15-8-3-2-4-9(18-7-5-6-7)10(8)11(12,13)14/h2-4,7,15H,5-6H2,1H3. The van der Waals surface area contributed by atoms with Crippen LogP contribution in [0.4, 0.5) is 18.9 Å². The van der Waals surface area contributed by atoms with Crippen LogP contribution in [0.2, 0.25) is 0 Å². The van der Waals surface area contributed by atoms with Gasteiger partial charge in [0.2, 0.25) is 10.0 Å². The van der Waals surface area contributed by atoms with E-state index in [0.717, 1.165) is 12.3 Å². The first-order valence-electron chi connectivity index (χ1n) is 5.51. The summed E-state index contributed by atoms with van der Waals surface area (Å²) in [4.78, 5) is 0. The van der Waals surface area contributed by atoms with Gasteiger partial charge in [-0.3, -0.25) is 4.72 Å². The highest BCUT2D eigenvalue weighted by molar-refractivity contribution is 7.92. The average Bonchev–Trinajstić information content (AvgIpc) is 2.97. The van der Waals surface area contributed by atoms with Gasteiger partial charge in [-0.1, -0.05) is 6.07 Å². The van der Waals surface area contributed by atoms with Gasteiger partial charge in [0.1, 0.15) is 11.3 Å². The molecule has 1 aliphatic carbocycles. The van der Waals surface area contributed by atoms with E-state index >= 15 is 0 Å². The number of benzene rings is 1. The molecule has 1 fully saturated rings. The van der Waals surface area contributed by atoms with Crippen LogP contribution >= 0.6 is 0 Å². The molecular weight excluding hydrogens is 283 g/mol. The van der Waals surface area contributed by atoms with Crippen LogP contribution in [0.3, 0.4) is 0 Å². The van der Waals surface area contributed by atoms with Crippen LogP contribution < -0.4 is 9.46 Å². The van der Waals surface area contributed by atoms with Crippen molar-refractivity contribution in [1.29, 1.82) is 0 Å². The lowest BCUT2D eigenvalue weighted by Crippen LogP contribution is -2.17. The minimum absolute atomic E-state index is 0.213. The molecule has 0 amide bonds. The summed E-state index contributed by atoms with van der Waals surface area (Å²) in [5.41, 5.74) is -1.61. The van der Waals surface area contributed by atoms with E-state index in [0.29, 0.717) is 12.8 Å². The van der Waals surface area contributed by atoms with Crippen molar-refractivity contribution in [2.24, 2.45) is 0 Å². The van der Waals surface area contributed by atoms with Gasteiger partial charge in [0.15, 0.2) is 0 Å². The fourth-order valence-electron chi connectivity index (χ4n) is 1.57. The first-order valence-corrected chi connectivity index (χ1v) is 7.40. The molecule has 4 nitrogen and oxygen atoms in total. The molecule has 0 spiro atoms. The Morgan fingerprint density at radius 1 is 1.32 bits per heavy atom. The summed E-state index contributed by atoms with van der Waals surface area (Å²) >= 11 is 0. The first-order chi connectivity index (χ1) is 8.67. The number of nitrogens with one attached hydrogen (secondary N) is 1. The smallest absolute Gasteiger partial charge is 0.421 e. The predicted octanol–water partition coefficient (Wildman–Crippen LogP) is 2.62. The van der Waals surface area contributed by atoms with Crippen molar-refractivity contribution in [2.75, 3.05) is 11.0 Å². The van der Waals surface area contributed by atoms with Crippen LogP contribution in [-0.4, -0.2) is 20.8 Å². The third-order valence-electron chi connectivity index (χ3n) is 2.42. The van der Waals surface area contributed by atoms with E-state index in [1.54, 1.807) is 0 Å². The van der Waals surface area contributed by atoms with Crippen LogP contribution in [0.25, 0.3) is 0 Å². The molecule has 0 saturated heterocycles. The second kappa shape index (κ2) is 4.59. The molecule has 0 atom stereocenters. The van der Waals surface area contributed by atoms with E-state index in [9.17, 15) is 21.6 Å². The highest BCUT2D eigenvalue weighted by Crippen LogP contribution is 2.43. The minimum atomic E-state index is -4.70. The number of hydrogen-bond donors (Lipinski definition) is 1. The van der Waals surface area contributed by atoms with Gasteiger partial charge >= 0.3 is 6.18 Å². The largest absolute Gasteiger partial charge is 0.490 e. The first kappa shape index (κ1) is 14.0. The number of alkyl halides is 3. The SMILES string of the molecule is CS(=O)(=O)Nc1cccc(OC2CC2)c1C(F)(F)F. The fourth-order valence-corrected chi connectivity index (χ4v) is 2.14. The maximum atomic E-state index is 13.0. The lowest BCUT2D eigenvalue weighted by Gasteiger charge is -2.17. The summed E-state index contributed by atoms with van der Waals surface area (Å²) < 4.78 is 68.4. The Bertz CT molecular complexity index is 579. The summed E-state index contributed by atoms with van der Waals surface area (Å²) in [6, 6.07) is 3.57. The molecule has 1 aromatic carbocycles. The molecule has 1 aromatic rings. The zero-order chi connectivity index (χ0) is 14.3. The summed E-state index contributed by atoms with van der Waals surface area (Å²) in [7, 11) is -3.80. The van der Waals surface area contributed by atoms with Crippen molar-refractivity contribution < 1.29 is 26.3 Å². The van der Waals surface area contributed by atoms with E-state index in [-0.39, 0.29) is 11.9 Å². The highest BCUT2D eigenvalue weighted by atomic mass is 32.2. The Kier molecular flexibility index (Phi) is 3.38. The van der Waals surface area contributed by atoms with Gasteiger partial charge in [0.05, 0.1) is 18.0 Å². The van der Waals surface area contributed by atoms with Crippen molar-refractivity contribution in [3.05, 3.63) is 23.8 Å². The summed E-state index contributed by atoms with van der Waals surface area (Å²) in [5, 5.41) is 0. The van der Waals surface area contributed by atoms with Crippen LogP contribution in [0, 0.1) is 0 Å². The van der Waals surface area contributed by atoms with E-state index in [1.165, 1.54) is 12.1 Å². The quantitative estimate of drug-likeness (QED) is 0.929. The molecule has 19 heavy (non-hydrogen) atoms. The zero-order valence-corrected chi connectivity index (χ0v) is 10.8. The molecule has 0 bridgehead atoms. The van der Waals surface area contributed by atoms with Crippen LogP contribution in [0.5, 0.6) is 5.75 Å². The number of sulfonamides is 1. The maximum Gasteiger partial charge on any atom is 0.421 e. The third-order valence-corrected chi connectivity index (χ3v) is 3.01. The van der Waals surface area contributed by atoms with Gasteiger partial charge in [0.25, 0.3) is 0 Å². The zero-order valence-electron chi connectivity index (χ0n) is 9.99. The van der Waals surface area contributed by atoms with Gasteiger partial charge in [-0.25, -0.2) is 8.42 Å². The summed E-state index contributed by atoms with van der Waals surface area (Å²) in [5.74, 6) is -0.344. The third kappa shape index (κ3) is 3.76. The van der Waals surface area contributed by atoms with E-state index in [4.69, 9.17) is 4.74 Å². The highest BCUT2D eigenvalue weighted by Gasteiger charge is 2.39. The van der Waals surface area contributed by atoms with Crippen molar-refractivity contribution in [3.8, 4) is 5.75 Å². The lowest BCUT2D eigenvalue weighted by atomic mass is 10.1. The topological polar surface area (TPSA) is 55.4 Å². The molecule has 2 rings (SSSR count). The van der Waals surface area contributed by atoms with Gasteiger partial charge in [-0.2, -0.15) is 13.2 Å². The van der Waals surface area contributed by atoms with E-state index in [2.05, 4.69) is 0 Å². The maximum absolute atomic E-state index is 13.0. The Morgan fingerprint density at radius 3 is 2.42 bits per heavy atom. The van der Waals surface area contributed by atoms with E-state index < -0.39 is 27.5 Å². The number of halogens is 3. The molecule has 1 N–H and O–H groups in total. The normalized spacial score (nSPS) is 16.2. The summed E-state index contributed by atoms with van der Waals surface area (Å²) in [6.07, 6.45) is -2.70. The average molecular weight is 295 g/mol. The van der Waals surface area contributed by atoms with Gasteiger partial charge in [-0.15, -0.1) is 0 Å². The summed E-state index contributed by atoms with van der Waals surface area (Å²) in [6.45, 7) is 0. The molecule has 0 aliphatic heterocycles. The molecule has 1 saturated carbocycles. The van der Waals surface area contributed by atoms with Crippen LogP contribution in [0.15, 0.2) is 18.2 Å². The second-order valence-electron chi connectivity index (χ2n) is 4.37. The molecule has 0 unspecified atom stereocenters. The lowest BCUT2D eigenvalue weighted by molar-refractivity contribution is -0.138. The monoisotopic (exact) mass is 295 g/mol. The van der Waals surface area contributed by atoms with Crippen molar-refractivity contribution >= 4 is 15.7 Å². The van der Waals surface area contributed by atoms with Crippen molar-refractivity contribution in [3.63, 3.8) is 0 Å². The second-order valence-corrected chi connectivity index (χ2v) is 6.12. The van der Waals surface area contributed by atoms with Crippen molar-refractivity contribution in [1.82, 2.24) is 0 Å². The van der Waals surface area contributed by atoms with Crippen LogP contribution in [0.1, 0.15) is 18.4 Å². The number of anilines is 1. The molecule has 1 aliphatic rings. The van der Waals surface area contributed by atoms with Gasteiger partial charge in [0, 0.05) is 0 Å². The molecule has 0 heterocycles. The number of ether oxygens (including phenoxy) is 1. The Morgan fingerprint density at radius 2 is 1.95 bits per heavy atom. The van der Waals surface area contributed by atoms with Gasteiger partial charge in [-0.05, 0) is 25.0 Å². The number of hydrogen-bond acceptors (Lipinski definition) is 3. The fraction of sp³-hybridized carbons (Fsp3) is 0.455. The molecule has 0 aromatic heterocycles. The molecule has 0 radical (unpaired) electrons. The minimum Gasteiger partial charge on any atom is -0.490 e. The Labute approximate surface area is 108 Å². The van der Waals surface area contributed by atoms with Crippen molar-refractivity contribution in [2.45, 2.75) is 25.1 Å². The molecule has 106 valence electrons. The van der Waals surface area contributed by atoms with E-state index in [1.807, 2.05) is 4.72 Å².